The molecule has 37 heavy (non-hydrogen) atoms. The number of alkyl halides is 3. The average Bonchev–Trinajstić information content (AvgIpc) is 2.84. The summed E-state index contributed by atoms with van der Waals surface area (Å²) in [6.07, 6.45) is -2.76. The minimum atomic E-state index is -5.08. The normalized spacial score (nSPS) is 14.8. The van der Waals surface area contributed by atoms with Gasteiger partial charge in [0.1, 0.15) is 0 Å². The first-order chi connectivity index (χ1) is 17.3. The Kier molecular flexibility index (Phi) is 10.8. The number of rotatable bonds is 7. The SMILES string of the molecule is CCCC(C)N1CCN(c2ccc(NC(=O)c3cccc(Cl)c3)cc2C(=O)O)CC1.O=C(O)C(F)(F)F. The quantitative estimate of drug-likeness (QED) is 0.438. The molecule has 2 aromatic rings. The van der Waals surface area contributed by atoms with Gasteiger partial charge < -0.3 is 20.4 Å². The molecule has 1 atom stereocenters. The van der Waals surface area contributed by atoms with Gasteiger partial charge in [-0.3, -0.25) is 9.69 Å². The van der Waals surface area contributed by atoms with E-state index in [1.165, 1.54) is 12.5 Å². The van der Waals surface area contributed by atoms with E-state index in [0.29, 0.717) is 28.0 Å². The first kappa shape index (κ1) is 29.9. The Bertz CT molecular complexity index is 1110. The summed E-state index contributed by atoms with van der Waals surface area (Å²) in [6, 6.07) is 12.2. The zero-order chi connectivity index (χ0) is 27.8. The van der Waals surface area contributed by atoms with Crippen molar-refractivity contribution in [3.05, 3.63) is 58.6 Å². The van der Waals surface area contributed by atoms with Gasteiger partial charge in [-0.15, -0.1) is 0 Å². The Balaban J connectivity index is 0.000000604. The van der Waals surface area contributed by atoms with Crippen LogP contribution in [0.25, 0.3) is 0 Å². The molecule has 1 aliphatic rings. The van der Waals surface area contributed by atoms with Crippen LogP contribution in [0, 0.1) is 0 Å². The molecule has 0 spiro atoms. The molecule has 1 aliphatic heterocycles. The lowest BCUT2D eigenvalue weighted by Crippen LogP contribution is -2.49. The average molecular weight is 544 g/mol. The van der Waals surface area contributed by atoms with E-state index in [9.17, 15) is 27.9 Å². The maximum Gasteiger partial charge on any atom is 0.490 e. The largest absolute Gasteiger partial charge is 0.490 e. The number of halogens is 4. The van der Waals surface area contributed by atoms with Crippen LogP contribution in [0.1, 0.15) is 47.4 Å². The molecular weight excluding hydrogens is 515 g/mol. The zero-order valence-corrected chi connectivity index (χ0v) is 21.1. The van der Waals surface area contributed by atoms with Crippen molar-refractivity contribution < 1.29 is 37.8 Å². The molecule has 0 aliphatic carbocycles. The van der Waals surface area contributed by atoms with E-state index in [0.717, 1.165) is 32.6 Å². The van der Waals surface area contributed by atoms with E-state index >= 15 is 0 Å². The zero-order valence-electron chi connectivity index (χ0n) is 20.4. The van der Waals surface area contributed by atoms with Gasteiger partial charge in [0.2, 0.25) is 0 Å². The van der Waals surface area contributed by atoms with Crippen molar-refractivity contribution in [2.45, 2.75) is 38.9 Å². The topological polar surface area (TPSA) is 110 Å². The van der Waals surface area contributed by atoms with Crippen molar-refractivity contribution in [2.24, 2.45) is 0 Å². The number of hydrogen-bond donors (Lipinski definition) is 3. The summed E-state index contributed by atoms with van der Waals surface area (Å²) in [4.78, 5) is 37.8. The molecule has 0 aromatic heterocycles. The lowest BCUT2D eigenvalue weighted by Gasteiger charge is -2.39. The highest BCUT2D eigenvalue weighted by molar-refractivity contribution is 6.31. The van der Waals surface area contributed by atoms with E-state index in [4.69, 9.17) is 21.5 Å². The van der Waals surface area contributed by atoms with E-state index in [1.54, 1.807) is 36.4 Å². The summed E-state index contributed by atoms with van der Waals surface area (Å²) in [5, 5.41) is 20.1. The Morgan fingerprint density at radius 2 is 1.68 bits per heavy atom. The molecule has 3 rings (SSSR count). The predicted molar refractivity (Wildman–Crippen MR) is 135 cm³/mol. The van der Waals surface area contributed by atoms with Gasteiger partial charge in [-0.1, -0.05) is 31.0 Å². The summed E-state index contributed by atoms with van der Waals surface area (Å²) in [6.45, 7) is 7.82. The van der Waals surface area contributed by atoms with Gasteiger partial charge >= 0.3 is 18.1 Å². The summed E-state index contributed by atoms with van der Waals surface area (Å²) in [5.41, 5.74) is 1.73. The first-order valence-electron chi connectivity index (χ1n) is 11.6. The maximum absolute atomic E-state index is 12.5. The summed E-state index contributed by atoms with van der Waals surface area (Å²) >= 11 is 5.95. The molecule has 0 radical (unpaired) electrons. The minimum Gasteiger partial charge on any atom is -0.478 e. The Morgan fingerprint density at radius 3 is 2.19 bits per heavy atom. The predicted octanol–water partition coefficient (Wildman–Crippen LogP) is 5.23. The van der Waals surface area contributed by atoms with Crippen molar-refractivity contribution in [1.29, 1.82) is 0 Å². The van der Waals surface area contributed by atoms with Crippen LogP contribution in [0.5, 0.6) is 0 Å². The maximum atomic E-state index is 12.5. The van der Waals surface area contributed by atoms with Crippen LogP contribution in [-0.4, -0.2) is 71.4 Å². The highest BCUT2D eigenvalue weighted by atomic mass is 35.5. The second-order valence-corrected chi connectivity index (χ2v) is 8.90. The fourth-order valence-electron chi connectivity index (χ4n) is 3.90. The number of nitrogens with one attached hydrogen (secondary N) is 1. The lowest BCUT2D eigenvalue weighted by molar-refractivity contribution is -0.192. The third-order valence-corrected chi connectivity index (χ3v) is 6.03. The number of anilines is 2. The van der Waals surface area contributed by atoms with Gasteiger partial charge in [0, 0.05) is 48.5 Å². The van der Waals surface area contributed by atoms with E-state index in [1.807, 2.05) is 0 Å². The molecular formula is C25H29ClF3N3O5. The van der Waals surface area contributed by atoms with Crippen LogP contribution in [0.4, 0.5) is 24.5 Å². The Morgan fingerprint density at radius 1 is 1.05 bits per heavy atom. The minimum absolute atomic E-state index is 0.189. The number of carbonyl (C=O) groups excluding carboxylic acids is 1. The van der Waals surface area contributed by atoms with Gasteiger partial charge in [0.25, 0.3) is 5.91 Å². The van der Waals surface area contributed by atoms with Crippen molar-refractivity contribution >= 4 is 40.8 Å². The van der Waals surface area contributed by atoms with Gasteiger partial charge in [-0.25, -0.2) is 9.59 Å². The number of carbonyl (C=O) groups is 3. The van der Waals surface area contributed by atoms with E-state index in [2.05, 4.69) is 29.0 Å². The number of amides is 1. The van der Waals surface area contributed by atoms with E-state index in [-0.39, 0.29) is 11.5 Å². The van der Waals surface area contributed by atoms with Gasteiger partial charge in [-0.2, -0.15) is 13.2 Å². The number of carboxylic acids is 2. The van der Waals surface area contributed by atoms with Crippen molar-refractivity contribution in [3.8, 4) is 0 Å². The number of benzene rings is 2. The van der Waals surface area contributed by atoms with Crippen LogP contribution in [0.15, 0.2) is 42.5 Å². The van der Waals surface area contributed by atoms with Gasteiger partial charge in [0.05, 0.1) is 11.3 Å². The number of piperazine rings is 1. The molecule has 1 heterocycles. The van der Waals surface area contributed by atoms with Crippen molar-refractivity contribution in [2.75, 3.05) is 36.4 Å². The number of hydrogen-bond acceptors (Lipinski definition) is 5. The Labute approximate surface area is 217 Å². The summed E-state index contributed by atoms with van der Waals surface area (Å²) in [5.74, 6) is -4.10. The number of aliphatic carboxylic acids is 1. The summed E-state index contributed by atoms with van der Waals surface area (Å²) < 4.78 is 31.7. The lowest BCUT2D eigenvalue weighted by atomic mass is 10.1. The summed E-state index contributed by atoms with van der Waals surface area (Å²) in [7, 11) is 0. The molecule has 1 amide bonds. The van der Waals surface area contributed by atoms with Crippen molar-refractivity contribution in [3.63, 3.8) is 0 Å². The van der Waals surface area contributed by atoms with E-state index < -0.39 is 18.1 Å². The number of aromatic carboxylic acids is 1. The highest BCUT2D eigenvalue weighted by Crippen LogP contribution is 2.27. The van der Waals surface area contributed by atoms with Gasteiger partial charge in [0.15, 0.2) is 0 Å². The standard InChI is InChI=1S/C23H28ClN3O3.C2HF3O2/c1-3-5-16(2)26-10-12-27(13-11-26)21-9-8-19(15-20(21)23(29)30)25-22(28)17-6-4-7-18(24)14-17;3-2(4,5)1(6)7/h4,6-9,14-16H,3,5,10-13H2,1-2H3,(H,25,28)(H,29,30);(H,6,7). The molecule has 2 aromatic carbocycles. The molecule has 1 fully saturated rings. The highest BCUT2D eigenvalue weighted by Gasteiger charge is 2.38. The fraction of sp³-hybridized carbons (Fsp3) is 0.400. The molecule has 0 saturated carbocycles. The Hall–Kier alpha value is -3.31. The second kappa shape index (κ2) is 13.3. The number of carboxylic acid groups (broad SMARTS) is 2. The molecule has 0 bridgehead atoms. The molecule has 12 heteroatoms. The smallest absolute Gasteiger partial charge is 0.478 e. The van der Waals surface area contributed by atoms with Crippen LogP contribution < -0.4 is 10.2 Å². The molecule has 8 nitrogen and oxygen atoms in total. The van der Waals surface area contributed by atoms with Crippen molar-refractivity contribution in [1.82, 2.24) is 4.90 Å². The fourth-order valence-corrected chi connectivity index (χ4v) is 4.09. The molecule has 202 valence electrons. The third kappa shape index (κ3) is 8.94. The molecule has 1 saturated heterocycles. The van der Waals surface area contributed by atoms with Crippen LogP contribution in [0.2, 0.25) is 5.02 Å². The molecule has 1 unspecified atom stereocenters. The first-order valence-corrected chi connectivity index (χ1v) is 11.9. The van der Waals surface area contributed by atoms with Crippen LogP contribution in [0.3, 0.4) is 0 Å². The van der Waals surface area contributed by atoms with Crippen LogP contribution >= 0.6 is 11.6 Å². The monoisotopic (exact) mass is 543 g/mol. The number of nitrogens with zero attached hydrogens (tertiary/aromatic N) is 2. The third-order valence-electron chi connectivity index (χ3n) is 5.80. The van der Waals surface area contributed by atoms with Crippen LogP contribution in [-0.2, 0) is 4.79 Å². The molecule has 3 N–H and O–H groups in total. The second-order valence-electron chi connectivity index (χ2n) is 8.47. The van der Waals surface area contributed by atoms with Gasteiger partial charge in [-0.05, 0) is 49.7 Å².